The summed E-state index contributed by atoms with van der Waals surface area (Å²) in [5, 5.41) is 18.3. The van der Waals surface area contributed by atoms with E-state index in [1.165, 1.54) is 11.5 Å². The summed E-state index contributed by atoms with van der Waals surface area (Å²) in [5.74, 6) is 0.889. The maximum Gasteiger partial charge on any atom is 0.281 e. The molecule has 2 aromatic heterocycles. The fraction of sp³-hybridized carbons (Fsp3) is 0.350. The molecule has 0 spiro atoms. The van der Waals surface area contributed by atoms with E-state index in [0.29, 0.717) is 27.5 Å². The highest BCUT2D eigenvalue weighted by atomic mass is 35.5. The van der Waals surface area contributed by atoms with E-state index < -0.39 is 0 Å². The summed E-state index contributed by atoms with van der Waals surface area (Å²) in [4.78, 5) is 17.4. The molecule has 1 saturated heterocycles. The fourth-order valence-electron chi connectivity index (χ4n) is 4.58. The molecule has 142 valence electrons. The smallest absolute Gasteiger partial charge is 0.281 e. The molecule has 2 aliphatic rings. The first-order valence-electron chi connectivity index (χ1n) is 9.34. The molecule has 3 aromatic rings. The maximum absolute atomic E-state index is 13.0. The largest absolute Gasteiger partial charge is 0.343 e. The summed E-state index contributed by atoms with van der Waals surface area (Å²) in [6, 6.07) is 9.67. The molecule has 28 heavy (non-hydrogen) atoms. The van der Waals surface area contributed by atoms with Gasteiger partial charge in [-0.25, -0.2) is 0 Å². The molecule has 1 aliphatic carbocycles. The van der Waals surface area contributed by atoms with Crippen LogP contribution in [-0.4, -0.2) is 22.0 Å². The van der Waals surface area contributed by atoms with Crippen LogP contribution < -0.4 is 16.2 Å². The van der Waals surface area contributed by atoms with Gasteiger partial charge in [0.25, 0.3) is 5.56 Å². The zero-order chi connectivity index (χ0) is 19.3. The number of halogens is 1. The standard InChI is InChI=1S/C20H18ClN5OS/c21-15-5-6-16-13(2-1-7-24-16)17(15)25-19-14(8-22)20(27)26(28-19)18-11-3-4-12(18)10-23-9-11/h1-2,5-7,11-12,18,23,25H,3-4,9-10H2. The summed E-state index contributed by atoms with van der Waals surface area (Å²) in [5.41, 5.74) is 1.43. The van der Waals surface area contributed by atoms with Crippen LogP contribution in [0.2, 0.25) is 5.02 Å². The Balaban J connectivity index is 1.60. The first-order valence-corrected chi connectivity index (χ1v) is 10.5. The lowest BCUT2D eigenvalue weighted by Gasteiger charge is -2.30. The highest BCUT2D eigenvalue weighted by molar-refractivity contribution is 7.11. The number of nitriles is 1. The Bertz CT molecular complexity index is 1150. The zero-order valence-electron chi connectivity index (χ0n) is 15.0. The van der Waals surface area contributed by atoms with Gasteiger partial charge in [-0.1, -0.05) is 11.6 Å². The van der Waals surface area contributed by atoms with E-state index in [4.69, 9.17) is 11.6 Å². The third-order valence-electron chi connectivity index (χ3n) is 5.87. The molecule has 2 N–H and O–H groups in total. The van der Waals surface area contributed by atoms with Gasteiger partial charge in [0.05, 0.1) is 22.3 Å². The van der Waals surface area contributed by atoms with Crippen LogP contribution in [0.15, 0.2) is 35.3 Å². The molecule has 8 heteroatoms. The van der Waals surface area contributed by atoms with E-state index in [9.17, 15) is 10.1 Å². The van der Waals surface area contributed by atoms with Gasteiger partial charge in [-0.3, -0.25) is 13.7 Å². The van der Waals surface area contributed by atoms with Gasteiger partial charge in [0.2, 0.25) is 0 Å². The summed E-state index contributed by atoms with van der Waals surface area (Å²) in [6.07, 6.45) is 3.97. The number of piperidine rings is 1. The van der Waals surface area contributed by atoms with Crippen molar-refractivity contribution >= 4 is 44.7 Å². The molecule has 3 heterocycles. The second-order valence-corrected chi connectivity index (χ2v) is 8.79. The topological polar surface area (TPSA) is 82.7 Å². The lowest BCUT2D eigenvalue weighted by Crippen LogP contribution is -2.41. The number of pyridine rings is 1. The van der Waals surface area contributed by atoms with Crippen LogP contribution >= 0.6 is 23.1 Å². The summed E-state index contributed by atoms with van der Waals surface area (Å²) < 4.78 is 1.82. The van der Waals surface area contributed by atoms with Gasteiger partial charge in [0, 0.05) is 11.6 Å². The molecular formula is C20H18ClN5OS. The highest BCUT2D eigenvalue weighted by Crippen LogP contribution is 2.44. The predicted octanol–water partition coefficient (Wildman–Crippen LogP) is 3.90. The Hall–Kier alpha value is -2.40. The Labute approximate surface area is 170 Å². The Morgan fingerprint density at radius 2 is 2.07 bits per heavy atom. The minimum atomic E-state index is -0.201. The average molecular weight is 412 g/mol. The van der Waals surface area contributed by atoms with E-state index in [-0.39, 0.29) is 17.2 Å². The normalized spacial score (nSPS) is 23.6. The van der Waals surface area contributed by atoms with Crippen LogP contribution in [0.3, 0.4) is 0 Å². The number of nitrogens with one attached hydrogen (secondary N) is 2. The number of fused-ring (bicyclic) bond motifs is 3. The predicted molar refractivity (Wildman–Crippen MR) is 111 cm³/mol. The molecule has 5 rings (SSSR count). The van der Waals surface area contributed by atoms with Gasteiger partial charge in [0.15, 0.2) is 5.56 Å². The quantitative estimate of drug-likeness (QED) is 0.683. The van der Waals surface area contributed by atoms with Gasteiger partial charge in [-0.05, 0) is 73.6 Å². The molecule has 6 nitrogen and oxygen atoms in total. The third-order valence-corrected chi connectivity index (χ3v) is 7.28. The van der Waals surface area contributed by atoms with Crippen molar-refractivity contribution in [2.75, 3.05) is 18.4 Å². The zero-order valence-corrected chi connectivity index (χ0v) is 16.6. The molecule has 2 bridgehead atoms. The highest BCUT2D eigenvalue weighted by Gasteiger charge is 2.41. The van der Waals surface area contributed by atoms with Gasteiger partial charge in [-0.15, -0.1) is 0 Å². The van der Waals surface area contributed by atoms with Crippen LogP contribution in [-0.2, 0) is 0 Å². The Morgan fingerprint density at radius 1 is 1.29 bits per heavy atom. The number of hydrogen-bond acceptors (Lipinski definition) is 6. The summed E-state index contributed by atoms with van der Waals surface area (Å²) in [6.45, 7) is 1.86. The molecule has 1 saturated carbocycles. The minimum Gasteiger partial charge on any atom is -0.343 e. The fourth-order valence-corrected chi connectivity index (χ4v) is 6.00. The molecular weight excluding hydrogens is 394 g/mol. The number of anilines is 2. The van der Waals surface area contributed by atoms with Crippen molar-refractivity contribution in [2.45, 2.75) is 18.9 Å². The van der Waals surface area contributed by atoms with Crippen molar-refractivity contribution < 1.29 is 0 Å². The monoisotopic (exact) mass is 411 g/mol. The number of rotatable bonds is 3. The lowest BCUT2D eigenvalue weighted by atomic mass is 9.94. The maximum atomic E-state index is 13.0. The van der Waals surface area contributed by atoms with Gasteiger partial charge in [0.1, 0.15) is 11.1 Å². The number of nitrogens with zero attached hydrogens (tertiary/aromatic N) is 3. The molecule has 0 radical (unpaired) electrons. The molecule has 0 amide bonds. The van der Waals surface area contributed by atoms with Crippen LogP contribution in [0.4, 0.5) is 10.7 Å². The first kappa shape index (κ1) is 17.7. The molecule has 1 aliphatic heterocycles. The van der Waals surface area contributed by atoms with E-state index in [1.54, 1.807) is 12.3 Å². The van der Waals surface area contributed by atoms with Gasteiger partial charge in [-0.2, -0.15) is 5.26 Å². The van der Waals surface area contributed by atoms with E-state index in [2.05, 4.69) is 21.7 Å². The van der Waals surface area contributed by atoms with Crippen LogP contribution in [0.5, 0.6) is 0 Å². The van der Waals surface area contributed by atoms with Crippen molar-refractivity contribution in [1.82, 2.24) is 14.3 Å². The van der Waals surface area contributed by atoms with E-state index >= 15 is 0 Å². The first-order chi connectivity index (χ1) is 13.7. The van der Waals surface area contributed by atoms with Crippen LogP contribution in [0.1, 0.15) is 24.4 Å². The van der Waals surface area contributed by atoms with E-state index in [1.807, 2.05) is 22.2 Å². The van der Waals surface area contributed by atoms with Crippen molar-refractivity contribution in [3.05, 3.63) is 51.4 Å². The van der Waals surface area contributed by atoms with Crippen molar-refractivity contribution in [3.63, 3.8) is 0 Å². The molecule has 2 atom stereocenters. The second-order valence-electron chi connectivity index (χ2n) is 7.40. The Kier molecular flexibility index (Phi) is 4.35. The summed E-state index contributed by atoms with van der Waals surface area (Å²) >= 11 is 7.78. The van der Waals surface area contributed by atoms with Crippen LogP contribution in [0, 0.1) is 23.2 Å². The SMILES string of the molecule is N#Cc1c(Nc2c(Cl)ccc3ncccc23)sn(C2C3CCC2CNC3)c1=O. The van der Waals surface area contributed by atoms with Crippen molar-refractivity contribution in [2.24, 2.45) is 11.8 Å². The number of hydrogen-bond donors (Lipinski definition) is 2. The minimum absolute atomic E-state index is 0.153. The Morgan fingerprint density at radius 3 is 2.82 bits per heavy atom. The summed E-state index contributed by atoms with van der Waals surface area (Å²) in [7, 11) is 0. The van der Waals surface area contributed by atoms with Crippen molar-refractivity contribution in [1.29, 1.82) is 5.26 Å². The lowest BCUT2D eigenvalue weighted by molar-refractivity contribution is 0.257. The number of benzene rings is 1. The van der Waals surface area contributed by atoms with Gasteiger partial charge < -0.3 is 10.6 Å². The second kappa shape index (κ2) is 6.89. The third kappa shape index (κ3) is 2.72. The van der Waals surface area contributed by atoms with Gasteiger partial charge >= 0.3 is 0 Å². The van der Waals surface area contributed by atoms with Crippen LogP contribution in [0.25, 0.3) is 10.9 Å². The molecule has 1 aromatic carbocycles. The van der Waals surface area contributed by atoms with E-state index in [0.717, 1.165) is 36.8 Å². The van der Waals surface area contributed by atoms with Crippen molar-refractivity contribution in [3.8, 4) is 6.07 Å². The molecule has 2 fully saturated rings. The molecule has 2 unspecified atom stereocenters. The number of aromatic nitrogens is 2. The average Bonchev–Trinajstić information content (AvgIpc) is 3.14.